The molecule has 4 aromatic rings. The molecule has 0 saturated carbocycles. The molecular weight excluding hydrogens is 560 g/mol. The van der Waals surface area contributed by atoms with E-state index in [0.717, 1.165) is 30.5 Å². The van der Waals surface area contributed by atoms with Crippen molar-refractivity contribution in [3.63, 3.8) is 0 Å². The number of H-pyrrole nitrogens is 1. The number of carbonyl (C=O) groups is 2. The van der Waals surface area contributed by atoms with E-state index in [2.05, 4.69) is 43.1 Å². The first-order valence-electron chi connectivity index (χ1n) is 13.6. The zero-order valence-corrected chi connectivity index (χ0v) is 24.0. The second kappa shape index (κ2) is 13.3. The number of tetrazole rings is 1. The third kappa shape index (κ3) is 7.13. The number of hydrogen-bond donors (Lipinski definition) is 3. The fraction of sp³-hybridized carbons (Fsp3) is 0.310. The van der Waals surface area contributed by atoms with Crippen LogP contribution in [0.25, 0.3) is 23.0 Å². The van der Waals surface area contributed by atoms with Crippen LogP contribution in [-0.2, 0) is 9.53 Å². The van der Waals surface area contributed by atoms with Crippen molar-refractivity contribution in [1.29, 1.82) is 0 Å². The van der Waals surface area contributed by atoms with Gasteiger partial charge in [0.25, 0.3) is 0 Å². The molecule has 2 aromatic carbocycles. The molecule has 0 spiro atoms. The molecular formula is C29H31ClN8O4. The maximum Gasteiger partial charge on any atom is 0.411 e. The molecule has 0 saturated heterocycles. The van der Waals surface area contributed by atoms with Crippen molar-refractivity contribution in [2.45, 2.75) is 38.6 Å². The molecule has 218 valence electrons. The fourth-order valence-corrected chi connectivity index (χ4v) is 4.93. The predicted molar refractivity (Wildman–Crippen MR) is 157 cm³/mol. The van der Waals surface area contributed by atoms with Gasteiger partial charge in [-0.25, -0.2) is 9.78 Å². The number of anilines is 1. The second-order valence-corrected chi connectivity index (χ2v) is 10.5. The zero-order valence-electron chi connectivity index (χ0n) is 23.2. The molecule has 0 aliphatic carbocycles. The van der Waals surface area contributed by atoms with E-state index in [1.54, 1.807) is 42.6 Å². The lowest BCUT2D eigenvalue weighted by Crippen LogP contribution is -2.28. The van der Waals surface area contributed by atoms with E-state index in [-0.39, 0.29) is 11.9 Å². The maximum atomic E-state index is 13.1. The van der Waals surface area contributed by atoms with Crippen LogP contribution in [-0.4, -0.2) is 55.9 Å². The number of amides is 2. The minimum Gasteiger partial charge on any atom is -0.493 e. The van der Waals surface area contributed by atoms with Crippen molar-refractivity contribution >= 4 is 35.4 Å². The van der Waals surface area contributed by atoms with Crippen LogP contribution in [0.2, 0.25) is 5.02 Å². The summed E-state index contributed by atoms with van der Waals surface area (Å²) in [5.41, 5.74) is 3.45. The highest BCUT2D eigenvalue weighted by molar-refractivity contribution is 6.30. The van der Waals surface area contributed by atoms with E-state index in [1.165, 1.54) is 24.2 Å². The van der Waals surface area contributed by atoms with Crippen LogP contribution >= 0.6 is 11.6 Å². The fourth-order valence-electron chi connectivity index (χ4n) is 4.75. The summed E-state index contributed by atoms with van der Waals surface area (Å²) in [7, 11) is 1.31. The van der Waals surface area contributed by atoms with Crippen LogP contribution in [0.1, 0.15) is 50.0 Å². The second-order valence-electron chi connectivity index (χ2n) is 10.0. The van der Waals surface area contributed by atoms with Gasteiger partial charge in [-0.15, -0.1) is 5.10 Å². The average Bonchev–Trinajstić information content (AvgIpc) is 3.69. The van der Waals surface area contributed by atoms with Gasteiger partial charge in [-0.1, -0.05) is 31.4 Å². The molecule has 2 amide bonds. The Hall–Kier alpha value is -4.71. The minimum absolute atomic E-state index is 0.278. The normalized spacial score (nSPS) is 17.2. The van der Waals surface area contributed by atoms with E-state index >= 15 is 0 Å². The molecule has 3 heterocycles. The van der Waals surface area contributed by atoms with Crippen molar-refractivity contribution in [1.82, 2.24) is 35.5 Å². The highest BCUT2D eigenvalue weighted by Gasteiger charge is 2.20. The number of fused-ring (bicyclic) bond motifs is 4. The van der Waals surface area contributed by atoms with Gasteiger partial charge in [-0.05, 0) is 65.6 Å². The van der Waals surface area contributed by atoms with Crippen molar-refractivity contribution in [2.75, 3.05) is 19.0 Å². The molecule has 3 N–H and O–H groups in total. The summed E-state index contributed by atoms with van der Waals surface area (Å²) in [6.45, 7) is 2.71. The molecule has 2 atom stereocenters. The lowest BCUT2D eigenvalue weighted by Gasteiger charge is -2.17. The molecule has 13 heteroatoms. The summed E-state index contributed by atoms with van der Waals surface area (Å²) in [6, 6.07) is 10.3. The number of methoxy groups -OCH3 is 1. The Balaban J connectivity index is 1.39. The Morgan fingerprint density at radius 2 is 2.07 bits per heavy atom. The largest absolute Gasteiger partial charge is 0.493 e. The average molecular weight is 591 g/mol. The van der Waals surface area contributed by atoms with Crippen LogP contribution in [0, 0.1) is 5.92 Å². The van der Waals surface area contributed by atoms with Gasteiger partial charge in [0.15, 0.2) is 0 Å². The summed E-state index contributed by atoms with van der Waals surface area (Å²) in [4.78, 5) is 32.9. The maximum absolute atomic E-state index is 13.1. The third-order valence-electron chi connectivity index (χ3n) is 7.00. The zero-order chi connectivity index (χ0) is 29.5. The lowest BCUT2D eigenvalue weighted by molar-refractivity contribution is -0.117. The van der Waals surface area contributed by atoms with Crippen LogP contribution in [0.4, 0.5) is 10.5 Å². The van der Waals surface area contributed by atoms with Crippen molar-refractivity contribution < 1.29 is 19.1 Å². The van der Waals surface area contributed by atoms with Gasteiger partial charge in [-0.2, -0.15) is 4.68 Å². The first-order valence-corrected chi connectivity index (χ1v) is 14.0. The van der Waals surface area contributed by atoms with Crippen LogP contribution in [0.15, 0.2) is 55.0 Å². The number of rotatable bonds is 5. The van der Waals surface area contributed by atoms with E-state index in [4.69, 9.17) is 21.1 Å². The Kier molecular flexibility index (Phi) is 9.12. The van der Waals surface area contributed by atoms with Gasteiger partial charge >= 0.3 is 6.09 Å². The number of imidazole rings is 1. The third-order valence-corrected chi connectivity index (χ3v) is 7.24. The number of aromatic nitrogens is 6. The lowest BCUT2D eigenvalue weighted by atomic mass is 9.98. The van der Waals surface area contributed by atoms with E-state index < -0.39 is 6.09 Å². The molecule has 1 aliphatic heterocycles. The Labute approximate surface area is 247 Å². The van der Waals surface area contributed by atoms with Gasteiger partial charge < -0.3 is 19.8 Å². The number of halogens is 1. The highest BCUT2D eigenvalue weighted by atomic mass is 35.5. The van der Waals surface area contributed by atoms with Gasteiger partial charge in [0.05, 0.1) is 37.3 Å². The number of carbonyl (C=O) groups excluding carboxylic acids is 2. The first-order chi connectivity index (χ1) is 20.4. The van der Waals surface area contributed by atoms with Gasteiger partial charge in [0.1, 0.15) is 17.9 Å². The SMILES string of the molecule is COC(=O)Nc1ccc2c(c1)OCC[C@@H](C)CCCC(NC(=O)/C=C/c1cc(Cl)ccc1-n1cnnn1)c1ncc-2[nH]1. The predicted octanol–water partition coefficient (Wildman–Crippen LogP) is 5.34. The summed E-state index contributed by atoms with van der Waals surface area (Å²) in [5, 5.41) is 17.6. The molecule has 0 radical (unpaired) electrons. The number of ether oxygens (including phenoxy) is 2. The van der Waals surface area contributed by atoms with Gasteiger partial charge in [0.2, 0.25) is 5.91 Å². The van der Waals surface area contributed by atoms with E-state index in [0.29, 0.717) is 52.5 Å². The molecule has 42 heavy (non-hydrogen) atoms. The molecule has 5 rings (SSSR count). The molecule has 1 unspecified atom stereocenters. The summed E-state index contributed by atoms with van der Waals surface area (Å²) < 4.78 is 12.4. The van der Waals surface area contributed by atoms with Gasteiger partial charge in [0, 0.05) is 34.0 Å². The van der Waals surface area contributed by atoms with Crippen LogP contribution < -0.4 is 15.4 Å². The molecule has 2 aromatic heterocycles. The van der Waals surface area contributed by atoms with Crippen LogP contribution in [0.5, 0.6) is 5.75 Å². The van der Waals surface area contributed by atoms with Gasteiger partial charge in [-0.3, -0.25) is 10.1 Å². The topological polar surface area (TPSA) is 149 Å². The number of benzene rings is 2. The highest BCUT2D eigenvalue weighted by Crippen LogP contribution is 2.34. The number of nitrogens with zero attached hydrogens (tertiary/aromatic N) is 5. The monoisotopic (exact) mass is 590 g/mol. The molecule has 1 aliphatic rings. The number of hydrogen-bond acceptors (Lipinski definition) is 8. The summed E-state index contributed by atoms with van der Waals surface area (Å²) in [6.07, 6.45) is 9.21. The quantitative estimate of drug-likeness (QED) is 0.264. The van der Waals surface area contributed by atoms with Crippen LogP contribution in [0.3, 0.4) is 0 Å². The number of aromatic amines is 1. The smallest absolute Gasteiger partial charge is 0.411 e. The minimum atomic E-state index is -0.563. The summed E-state index contributed by atoms with van der Waals surface area (Å²) >= 11 is 6.22. The Morgan fingerprint density at radius 1 is 1.19 bits per heavy atom. The van der Waals surface area contributed by atoms with Crippen molar-refractivity contribution in [3.05, 3.63) is 71.4 Å². The summed E-state index contributed by atoms with van der Waals surface area (Å²) in [5.74, 6) is 1.38. The molecule has 2 bridgehead atoms. The van der Waals surface area contributed by atoms with E-state index in [1.807, 2.05) is 6.07 Å². The molecule has 0 fully saturated rings. The van der Waals surface area contributed by atoms with E-state index in [9.17, 15) is 9.59 Å². The van der Waals surface area contributed by atoms with Crippen molar-refractivity contribution in [3.8, 4) is 22.7 Å². The Morgan fingerprint density at radius 3 is 2.88 bits per heavy atom. The Bertz CT molecular complexity index is 1570. The number of nitrogens with one attached hydrogen (secondary N) is 3. The standard InChI is InChI=1S/C29H31ClN8O4/c1-18-4-3-5-23(34-27(39)11-6-19-14-20(30)7-10-25(19)38-17-32-36-37-38)28-31-16-24(35-28)22-9-8-21(33-29(40)41-2)15-26(22)42-13-12-18/h6-11,14-18,23H,3-5,12-13H2,1-2H3,(H,31,35)(H,33,40)(H,34,39)/b11-6+/t18-,23?/m0/s1. The first kappa shape index (κ1) is 28.8. The molecule has 12 nitrogen and oxygen atoms in total. The van der Waals surface area contributed by atoms with Crippen molar-refractivity contribution in [2.24, 2.45) is 5.92 Å².